The fourth-order valence-electron chi connectivity index (χ4n) is 8.75. The Labute approximate surface area is 325 Å². The van der Waals surface area contributed by atoms with Crippen molar-refractivity contribution in [1.82, 2.24) is 19.1 Å². The molecular formula is C51H29N5O. The van der Waals surface area contributed by atoms with Crippen LogP contribution in [0.5, 0.6) is 0 Å². The van der Waals surface area contributed by atoms with Gasteiger partial charge in [0.05, 0.1) is 39.7 Å². The average Bonchev–Trinajstić information content (AvgIpc) is 3.92. The van der Waals surface area contributed by atoms with Crippen LogP contribution in [0.4, 0.5) is 5.69 Å². The largest absolute Gasteiger partial charge is 0.437 e. The fourth-order valence-corrected chi connectivity index (χ4v) is 8.75. The lowest BCUT2D eigenvalue weighted by atomic mass is 10.00. The molecule has 0 aliphatic rings. The average molecular weight is 728 g/mol. The molecule has 0 radical (unpaired) electrons. The number of fused-ring (bicyclic) bond motifs is 10. The van der Waals surface area contributed by atoms with Crippen LogP contribution in [-0.2, 0) is 0 Å². The van der Waals surface area contributed by atoms with Crippen molar-refractivity contribution < 1.29 is 4.42 Å². The summed E-state index contributed by atoms with van der Waals surface area (Å²) >= 11 is 0. The number of nitrogens with zero attached hydrogens (tertiary/aromatic N) is 5. The van der Waals surface area contributed by atoms with Crippen molar-refractivity contribution in [2.45, 2.75) is 0 Å². The van der Waals surface area contributed by atoms with Gasteiger partial charge in [-0.3, -0.25) is 4.57 Å². The predicted molar refractivity (Wildman–Crippen MR) is 233 cm³/mol. The van der Waals surface area contributed by atoms with E-state index in [2.05, 4.69) is 154 Å². The van der Waals surface area contributed by atoms with Crippen LogP contribution in [0, 0.1) is 6.57 Å². The molecule has 4 heterocycles. The van der Waals surface area contributed by atoms with E-state index in [-0.39, 0.29) is 0 Å². The lowest BCUT2D eigenvalue weighted by molar-refractivity contribution is 0.651. The van der Waals surface area contributed by atoms with E-state index in [9.17, 15) is 0 Å². The highest BCUT2D eigenvalue weighted by Crippen LogP contribution is 2.42. The molecule has 4 aromatic heterocycles. The predicted octanol–water partition coefficient (Wildman–Crippen LogP) is 13.6. The molecule has 6 heteroatoms. The van der Waals surface area contributed by atoms with Gasteiger partial charge in [-0.05, 0) is 88.6 Å². The summed E-state index contributed by atoms with van der Waals surface area (Å²) in [4.78, 5) is 14.5. The number of para-hydroxylation sites is 3. The van der Waals surface area contributed by atoms with Gasteiger partial charge in [0.2, 0.25) is 11.7 Å². The quantitative estimate of drug-likeness (QED) is 0.170. The summed E-state index contributed by atoms with van der Waals surface area (Å²) < 4.78 is 11.2. The first-order valence-electron chi connectivity index (χ1n) is 18.9. The van der Waals surface area contributed by atoms with Gasteiger partial charge < -0.3 is 8.98 Å². The minimum atomic E-state index is 0.510. The molecule has 0 saturated carbocycles. The second-order valence-electron chi connectivity index (χ2n) is 14.5. The Balaban J connectivity index is 1.18. The van der Waals surface area contributed by atoms with Crippen molar-refractivity contribution in [2.75, 3.05) is 0 Å². The molecule has 12 rings (SSSR count). The van der Waals surface area contributed by atoms with Crippen LogP contribution >= 0.6 is 0 Å². The molecule has 8 aromatic carbocycles. The summed E-state index contributed by atoms with van der Waals surface area (Å²) in [7, 11) is 0. The normalized spacial score (nSPS) is 11.8. The van der Waals surface area contributed by atoms with E-state index in [0.29, 0.717) is 17.3 Å². The lowest BCUT2D eigenvalue weighted by Gasteiger charge is -2.11. The minimum absolute atomic E-state index is 0.510. The van der Waals surface area contributed by atoms with Gasteiger partial charge >= 0.3 is 0 Å². The van der Waals surface area contributed by atoms with Crippen molar-refractivity contribution in [1.29, 1.82) is 0 Å². The Morgan fingerprint density at radius 3 is 1.91 bits per heavy atom. The summed E-state index contributed by atoms with van der Waals surface area (Å²) in [5, 5.41) is 8.66. The summed E-state index contributed by atoms with van der Waals surface area (Å²) in [6, 6.07) is 61.1. The monoisotopic (exact) mass is 727 g/mol. The van der Waals surface area contributed by atoms with Crippen LogP contribution in [0.3, 0.4) is 0 Å². The maximum Gasteiger partial charge on any atom is 0.238 e. The van der Waals surface area contributed by atoms with Crippen molar-refractivity contribution in [2.24, 2.45) is 0 Å². The van der Waals surface area contributed by atoms with Gasteiger partial charge in [0.25, 0.3) is 0 Å². The Morgan fingerprint density at radius 2 is 1.11 bits per heavy atom. The molecule has 0 bridgehead atoms. The first-order chi connectivity index (χ1) is 28.2. The SMILES string of the molecule is [C-]#[N+]c1cccc(-c2ccc3oc4nc(-n5c6ccccc6c6cc7ccccc7cc65)nc(-c5ccc6c(c5)c5ccccc5n6-c5ccccc5)c4c3c2)c1. The third-order valence-electron chi connectivity index (χ3n) is 11.3. The molecule has 0 saturated heterocycles. The van der Waals surface area contributed by atoms with Gasteiger partial charge in [-0.25, -0.2) is 9.83 Å². The third kappa shape index (κ3) is 4.70. The number of furan rings is 1. The highest BCUT2D eigenvalue weighted by Gasteiger charge is 2.23. The number of hydrogen-bond acceptors (Lipinski definition) is 3. The van der Waals surface area contributed by atoms with Crippen LogP contribution in [0.2, 0.25) is 0 Å². The van der Waals surface area contributed by atoms with E-state index < -0.39 is 0 Å². The van der Waals surface area contributed by atoms with Crippen LogP contribution in [0.15, 0.2) is 180 Å². The molecule has 0 aliphatic heterocycles. The van der Waals surface area contributed by atoms with Crippen LogP contribution < -0.4 is 0 Å². The van der Waals surface area contributed by atoms with Crippen molar-refractivity contribution in [3.05, 3.63) is 187 Å². The smallest absolute Gasteiger partial charge is 0.238 e. The van der Waals surface area contributed by atoms with Gasteiger partial charge in [0.1, 0.15) is 5.58 Å². The highest BCUT2D eigenvalue weighted by molar-refractivity contribution is 6.16. The molecule has 0 unspecified atom stereocenters. The van der Waals surface area contributed by atoms with Gasteiger partial charge in [0.15, 0.2) is 5.69 Å². The van der Waals surface area contributed by atoms with E-state index in [1.807, 2.05) is 36.4 Å². The number of rotatable bonds is 4. The molecule has 0 N–H and O–H groups in total. The number of benzene rings is 8. The van der Waals surface area contributed by atoms with E-state index in [0.717, 1.165) is 93.4 Å². The molecule has 6 nitrogen and oxygen atoms in total. The summed E-state index contributed by atoms with van der Waals surface area (Å²) in [6.45, 7) is 7.61. The van der Waals surface area contributed by atoms with E-state index in [1.165, 1.54) is 5.39 Å². The zero-order chi connectivity index (χ0) is 37.6. The standard InChI is InChI=1S/C51H29N5O/c1-52-36-15-11-14-31(26-36)34-23-25-47-42(28-34)48-49(35-22-24-45-40(29-35)38-18-7-9-20-43(38)55(45)37-16-3-2-4-17-37)53-51(54-50(48)57-47)56-44-21-10-8-19-39(44)41-27-32-12-5-6-13-33(32)30-46(41)56/h2-30H. The second-order valence-corrected chi connectivity index (χ2v) is 14.5. The van der Waals surface area contributed by atoms with Gasteiger partial charge in [-0.1, -0.05) is 109 Å². The first-order valence-corrected chi connectivity index (χ1v) is 18.9. The maximum atomic E-state index is 7.61. The summed E-state index contributed by atoms with van der Waals surface area (Å²) in [6.07, 6.45) is 0. The minimum Gasteiger partial charge on any atom is -0.437 e. The zero-order valence-corrected chi connectivity index (χ0v) is 30.4. The Bertz CT molecular complexity index is 3660. The first kappa shape index (κ1) is 31.4. The topological polar surface area (TPSA) is 53.1 Å². The lowest BCUT2D eigenvalue weighted by Crippen LogP contribution is -2.03. The second kappa shape index (κ2) is 12.0. The van der Waals surface area contributed by atoms with Crippen molar-refractivity contribution in [3.63, 3.8) is 0 Å². The van der Waals surface area contributed by atoms with E-state index >= 15 is 0 Å². The van der Waals surface area contributed by atoms with Crippen molar-refractivity contribution >= 4 is 82.1 Å². The van der Waals surface area contributed by atoms with Crippen LogP contribution in [0.1, 0.15) is 0 Å². The maximum absolute atomic E-state index is 7.61. The summed E-state index contributed by atoms with van der Waals surface area (Å²) in [5.41, 5.74) is 10.9. The molecule has 57 heavy (non-hydrogen) atoms. The Hall–Kier alpha value is -8.01. The number of hydrogen-bond donors (Lipinski definition) is 0. The van der Waals surface area contributed by atoms with Gasteiger partial charge in [0, 0.05) is 38.2 Å². The molecule has 12 aromatic rings. The molecule has 0 atom stereocenters. The number of aromatic nitrogens is 4. The van der Waals surface area contributed by atoms with Crippen LogP contribution in [-0.4, -0.2) is 19.1 Å². The summed E-state index contributed by atoms with van der Waals surface area (Å²) in [5.74, 6) is 0.537. The molecule has 0 amide bonds. The van der Waals surface area contributed by atoms with Gasteiger partial charge in [-0.15, -0.1) is 0 Å². The molecule has 264 valence electrons. The molecule has 0 aliphatic carbocycles. The van der Waals surface area contributed by atoms with Crippen LogP contribution in [0.25, 0.3) is 115 Å². The van der Waals surface area contributed by atoms with Gasteiger partial charge in [-0.2, -0.15) is 4.98 Å². The van der Waals surface area contributed by atoms with E-state index in [1.54, 1.807) is 0 Å². The Morgan fingerprint density at radius 1 is 0.456 bits per heavy atom. The Kier molecular flexibility index (Phi) is 6.60. The fraction of sp³-hybridized carbons (Fsp3) is 0. The molecule has 0 spiro atoms. The zero-order valence-electron chi connectivity index (χ0n) is 30.4. The highest BCUT2D eigenvalue weighted by atomic mass is 16.3. The third-order valence-corrected chi connectivity index (χ3v) is 11.3. The van der Waals surface area contributed by atoms with Crippen molar-refractivity contribution in [3.8, 4) is 34.0 Å². The van der Waals surface area contributed by atoms with E-state index in [4.69, 9.17) is 21.0 Å². The molecule has 0 fully saturated rings. The molecular weight excluding hydrogens is 699 g/mol.